The fourth-order valence-corrected chi connectivity index (χ4v) is 1.25. The second kappa shape index (κ2) is 4.83. The van der Waals surface area contributed by atoms with E-state index in [1.54, 1.807) is 7.11 Å². The minimum absolute atomic E-state index is 0.0185. The van der Waals surface area contributed by atoms with Crippen molar-refractivity contribution in [3.8, 4) is 0 Å². The minimum Gasteiger partial charge on any atom is -0.390 e. The molecule has 0 bridgehead atoms. The summed E-state index contributed by atoms with van der Waals surface area (Å²) in [5.74, 6) is 0. The number of hydrogen-bond acceptors (Lipinski definition) is 2. The molecule has 0 aromatic heterocycles. The number of aliphatic hydroxyl groups is 1. The molecule has 2 unspecified atom stereocenters. The zero-order chi connectivity index (χ0) is 9.78. The van der Waals surface area contributed by atoms with E-state index in [1.807, 2.05) is 20.8 Å². The van der Waals surface area contributed by atoms with Gasteiger partial charge in [0.05, 0.1) is 12.2 Å². The van der Waals surface area contributed by atoms with E-state index in [9.17, 15) is 5.11 Å². The van der Waals surface area contributed by atoms with Crippen LogP contribution in [0.15, 0.2) is 0 Å². The van der Waals surface area contributed by atoms with E-state index in [2.05, 4.69) is 6.92 Å². The van der Waals surface area contributed by atoms with E-state index < -0.39 is 0 Å². The lowest BCUT2D eigenvalue weighted by atomic mass is 9.84. The van der Waals surface area contributed by atoms with Gasteiger partial charge in [0.25, 0.3) is 0 Å². The van der Waals surface area contributed by atoms with E-state index in [1.165, 1.54) is 0 Å². The molecule has 0 aliphatic carbocycles. The van der Waals surface area contributed by atoms with Crippen LogP contribution in [-0.4, -0.2) is 24.4 Å². The highest BCUT2D eigenvalue weighted by Gasteiger charge is 2.29. The van der Waals surface area contributed by atoms with Gasteiger partial charge in [0.1, 0.15) is 0 Å². The van der Waals surface area contributed by atoms with Gasteiger partial charge in [-0.15, -0.1) is 0 Å². The third kappa shape index (κ3) is 3.55. The van der Waals surface area contributed by atoms with E-state index >= 15 is 0 Å². The van der Waals surface area contributed by atoms with Crippen molar-refractivity contribution in [3.05, 3.63) is 0 Å². The van der Waals surface area contributed by atoms with Crippen molar-refractivity contribution < 1.29 is 9.84 Å². The summed E-state index contributed by atoms with van der Waals surface area (Å²) in [6.07, 6.45) is 1.58. The van der Waals surface area contributed by atoms with Crippen LogP contribution in [0.1, 0.15) is 40.5 Å². The van der Waals surface area contributed by atoms with Gasteiger partial charge in [-0.05, 0) is 11.8 Å². The molecule has 2 heteroatoms. The molecule has 0 rings (SSSR count). The largest absolute Gasteiger partial charge is 0.390 e. The fraction of sp³-hybridized carbons (Fsp3) is 1.00. The van der Waals surface area contributed by atoms with E-state index in [4.69, 9.17) is 4.74 Å². The highest BCUT2D eigenvalue weighted by atomic mass is 16.5. The fourth-order valence-electron chi connectivity index (χ4n) is 1.25. The molecule has 0 aromatic rings. The molecular weight excluding hydrogens is 152 g/mol. The maximum atomic E-state index is 9.85. The van der Waals surface area contributed by atoms with Crippen LogP contribution >= 0.6 is 0 Å². The molecule has 0 heterocycles. The zero-order valence-electron chi connectivity index (χ0n) is 8.92. The lowest BCUT2D eigenvalue weighted by Crippen LogP contribution is -2.38. The Morgan fingerprint density at radius 3 is 2.08 bits per heavy atom. The highest BCUT2D eigenvalue weighted by molar-refractivity contribution is 4.80. The first-order valence-electron chi connectivity index (χ1n) is 4.64. The summed E-state index contributed by atoms with van der Waals surface area (Å²) in [5.41, 5.74) is -0.0875. The summed E-state index contributed by atoms with van der Waals surface area (Å²) >= 11 is 0. The molecule has 0 radical (unpaired) electrons. The van der Waals surface area contributed by atoms with Crippen LogP contribution in [0.3, 0.4) is 0 Å². The Morgan fingerprint density at radius 1 is 1.33 bits per heavy atom. The Hall–Kier alpha value is -0.0800. The Morgan fingerprint density at radius 2 is 1.83 bits per heavy atom. The Kier molecular flexibility index (Phi) is 4.80. The number of aliphatic hydroxyl groups excluding tert-OH is 1. The second-order valence-electron chi connectivity index (χ2n) is 4.37. The Bertz CT molecular complexity index is 115. The molecule has 2 atom stereocenters. The van der Waals surface area contributed by atoms with Crippen LogP contribution in [0, 0.1) is 5.41 Å². The van der Waals surface area contributed by atoms with Gasteiger partial charge in [-0.2, -0.15) is 0 Å². The van der Waals surface area contributed by atoms with Gasteiger partial charge in [-0.3, -0.25) is 0 Å². The average molecular weight is 174 g/mol. The van der Waals surface area contributed by atoms with Crippen molar-refractivity contribution in [2.75, 3.05) is 7.11 Å². The van der Waals surface area contributed by atoms with Gasteiger partial charge in [0, 0.05) is 7.11 Å². The minimum atomic E-state index is -0.373. The molecule has 0 saturated carbocycles. The SMILES string of the molecule is CCCC(OC)C(O)C(C)(C)C. The standard InChI is InChI=1S/C10H22O2/c1-6-7-8(12-5)9(11)10(2,3)4/h8-9,11H,6-7H2,1-5H3. The normalized spacial score (nSPS) is 17.5. The first-order chi connectivity index (χ1) is 5.43. The van der Waals surface area contributed by atoms with Gasteiger partial charge in [-0.1, -0.05) is 34.1 Å². The van der Waals surface area contributed by atoms with Gasteiger partial charge >= 0.3 is 0 Å². The van der Waals surface area contributed by atoms with Crippen LogP contribution < -0.4 is 0 Å². The van der Waals surface area contributed by atoms with Crippen LogP contribution in [0.2, 0.25) is 0 Å². The lowest BCUT2D eigenvalue weighted by molar-refractivity contribution is -0.0677. The average Bonchev–Trinajstić information content (AvgIpc) is 1.97. The summed E-state index contributed by atoms with van der Waals surface area (Å²) in [4.78, 5) is 0. The smallest absolute Gasteiger partial charge is 0.0849 e. The predicted molar refractivity (Wildman–Crippen MR) is 51.2 cm³/mol. The van der Waals surface area contributed by atoms with Crippen molar-refractivity contribution >= 4 is 0 Å². The van der Waals surface area contributed by atoms with Crippen LogP contribution in [0.5, 0.6) is 0 Å². The first-order valence-corrected chi connectivity index (χ1v) is 4.64. The van der Waals surface area contributed by atoms with Gasteiger partial charge < -0.3 is 9.84 Å². The molecule has 0 saturated heterocycles. The van der Waals surface area contributed by atoms with Crippen molar-refractivity contribution in [1.82, 2.24) is 0 Å². The number of ether oxygens (including phenoxy) is 1. The molecule has 12 heavy (non-hydrogen) atoms. The summed E-state index contributed by atoms with van der Waals surface area (Å²) in [5, 5.41) is 9.85. The quantitative estimate of drug-likeness (QED) is 0.708. The van der Waals surface area contributed by atoms with Gasteiger partial charge in [0.15, 0.2) is 0 Å². The maximum absolute atomic E-state index is 9.85. The first kappa shape index (κ1) is 11.9. The third-order valence-corrected chi connectivity index (χ3v) is 2.12. The van der Waals surface area contributed by atoms with Gasteiger partial charge in [-0.25, -0.2) is 0 Å². The molecule has 0 fully saturated rings. The van der Waals surface area contributed by atoms with Crippen LogP contribution in [0.25, 0.3) is 0 Å². The molecule has 74 valence electrons. The second-order valence-corrected chi connectivity index (χ2v) is 4.37. The molecule has 1 N–H and O–H groups in total. The van der Waals surface area contributed by atoms with Gasteiger partial charge in [0.2, 0.25) is 0 Å². The van der Waals surface area contributed by atoms with Crippen molar-refractivity contribution in [1.29, 1.82) is 0 Å². The highest BCUT2D eigenvalue weighted by Crippen LogP contribution is 2.24. The molecule has 0 aliphatic heterocycles. The summed E-state index contributed by atoms with van der Waals surface area (Å²) in [6.45, 7) is 8.18. The number of hydrogen-bond donors (Lipinski definition) is 1. The third-order valence-electron chi connectivity index (χ3n) is 2.12. The van der Waals surface area contributed by atoms with Crippen LogP contribution in [-0.2, 0) is 4.74 Å². The maximum Gasteiger partial charge on any atom is 0.0849 e. The molecular formula is C10H22O2. The summed E-state index contributed by atoms with van der Waals surface area (Å²) in [7, 11) is 1.66. The molecule has 0 aromatic carbocycles. The lowest BCUT2D eigenvalue weighted by Gasteiger charge is -2.31. The van der Waals surface area contributed by atoms with E-state index in [0.29, 0.717) is 0 Å². The van der Waals surface area contributed by atoms with Crippen molar-refractivity contribution in [2.45, 2.75) is 52.7 Å². The number of methoxy groups -OCH3 is 1. The Balaban J connectivity index is 4.11. The summed E-state index contributed by atoms with van der Waals surface area (Å²) in [6, 6.07) is 0. The van der Waals surface area contributed by atoms with E-state index in [-0.39, 0.29) is 17.6 Å². The van der Waals surface area contributed by atoms with E-state index in [0.717, 1.165) is 12.8 Å². The van der Waals surface area contributed by atoms with Crippen LogP contribution in [0.4, 0.5) is 0 Å². The molecule has 0 amide bonds. The molecule has 0 spiro atoms. The number of rotatable bonds is 4. The zero-order valence-corrected chi connectivity index (χ0v) is 8.92. The monoisotopic (exact) mass is 174 g/mol. The topological polar surface area (TPSA) is 29.5 Å². The molecule has 2 nitrogen and oxygen atoms in total. The molecule has 0 aliphatic rings. The van der Waals surface area contributed by atoms with Crippen molar-refractivity contribution in [3.63, 3.8) is 0 Å². The van der Waals surface area contributed by atoms with Crippen molar-refractivity contribution in [2.24, 2.45) is 5.41 Å². The predicted octanol–water partition coefficient (Wildman–Crippen LogP) is 2.21. The summed E-state index contributed by atoms with van der Waals surface area (Å²) < 4.78 is 5.23. The Labute approximate surface area is 75.9 Å².